The lowest BCUT2D eigenvalue weighted by atomic mass is 9.80. The predicted molar refractivity (Wildman–Crippen MR) is 77.1 cm³/mol. The molecule has 19 heavy (non-hydrogen) atoms. The topological polar surface area (TPSA) is 33.1 Å². The summed E-state index contributed by atoms with van der Waals surface area (Å²) in [5.41, 5.74) is 3.95. The standard InChI is InChI=1S/C17H23NO/c19-16(12-13-6-2-1-3-7-13)15-10-4-8-14-9-5-11-18-17(14)15/h5-6,9,11,15-16,19H,1-4,7-8,10,12H2. The number of nitrogens with zero attached hydrogens (tertiary/aromatic N) is 1. The number of hydrogen-bond acceptors (Lipinski definition) is 2. The van der Waals surface area contributed by atoms with Gasteiger partial charge in [0.1, 0.15) is 0 Å². The van der Waals surface area contributed by atoms with Crippen molar-refractivity contribution in [2.75, 3.05) is 0 Å². The van der Waals surface area contributed by atoms with Gasteiger partial charge in [-0.3, -0.25) is 4.98 Å². The highest BCUT2D eigenvalue weighted by Crippen LogP contribution is 2.35. The minimum Gasteiger partial charge on any atom is -0.392 e. The van der Waals surface area contributed by atoms with Crippen LogP contribution < -0.4 is 0 Å². The summed E-state index contributed by atoms with van der Waals surface area (Å²) >= 11 is 0. The van der Waals surface area contributed by atoms with Gasteiger partial charge in [-0.1, -0.05) is 17.7 Å². The fraction of sp³-hybridized carbons (Fsp3) is 0.588. The van der Waals surface area contributed by atoms with Gasteiger partial charge in [0.15, 0.2) is 0 Å². The quantitative estimate of drug-likeness (QED) is 0.836. The van der Waals surface area contributed by atoms with Gasteiger partial charge in [0, 0.05) is 17.8 Å². The van der Waals surface area contributed by atoms with Gasteiger partial charge < -0.3 is 5.11 Å². The molecule has 2 heteroatoms. The number of fused-ring (bicyclic) bond motifs is 1. The van der Waals surface area contributed by atoms with E-state index in [9.17, 15) is 5.11 Å². The molecule has 2 nitrogen and oxygen atoms in total. The van der Waals surface area contributed by atoms with Gasteiger partial charge in [0.05, 0.1) is 6.10 Å². The molecule has 1 aromatic heterocycles. The summed E-state index contributed by atoms with van der Waals surface area (Å²) in [6.07, 6.45) is 13.2. The summed E-state index contributed by atoms with van der Waals surface area (Å²) in [6.45, 7) is 0. The Morgan fingerprint density at radius 1 is 1.26 bits per heavy atom. The molecule has 0 radical (unpaired) electrons. The van der Waals surface area contributed by atoms with Crippen molar-refractivity contribution in [1.29, 1.82) is 0 Å². The van der Waals surface area contributed by atoms with Crippen molar-refractivity contribution in [3.63, 3.8) is 0 Å². The summed E-state index contributed by atoms with van der Waals surface area (Å²) in [5.74, 6) is 0.243. The molecule has 3 rings (SSSR count). The number of aromatic nitrogens is 1. The van der Waals surface area contributed by atoms with Crippen molar-refractivity contribution in [3.05, 3.63) is 41.2 Å². The molecule has 1 heterocycles. The van der Waals surface area contributed by atoms with Gasteiger partial charge in [-0.05, 0) is 63.0 Å². The summed E-state index contributed by atoms with van der Waals surface area (Å²) < 4.78 is 0. The van der Waals surface area contributed by atoms with E-state index in [0.29, 0.717) is 0 Å². The number of hydrogen-bond donors (Lipinski definition) is 1. The van der Waals surface area contributed by atoms with Crippen molar-refractivity contribution >= 4 is 0 Å². The van der Waals surface area contributed by atoms with E-state index in [-0.39, 0.29) is 12.0 Å². The van der Waals surface area contributed by atoms with Crippen molar-refractivity contribution in [1.82, 2.24) is 4.98 Å². The van der Waals surface area contributed by atoms with Gasteiger partial charge in [0.25, 0.3) is 0 Å². The maximum atomic E-state index is 10.6. The first-order chi connectivity index (χ1) is 9.34. The van der Waals surface area contributed by atoms with Crippen LogP contribution in [0, 0.1) is 0 Å². The third-order valence-corrected chi connectivity index (χ3v) is 4.56. The number of aliphatic hydroxyl groups is 1. The average Bonchev–Trinajstić information content (AvgIpc) is 2.47. The van der Waals surface area contributed by atoms with Crippen LogP contribution in [0.3, 0.4) is 0 Å². The highest BCUT2D eigenvalue weighted by molar-refractivity contribution is 5.27. The maximum absolute atomic E-state index is 10.6. The molecular formula is C17H23NO. The maximum Gasteiger partial charge on any atom is 0.0660 e. The molecule has 0 spiro atoms. The van der Waals surface area contributed by atoms with Crippen LogP contribution in [0.15, 0.2) is 30.0 Å². The Balaban J connectivity index is 1.73. The Kier molecular flexibility index (Phi) is 3.97. The molecule has 102 valence electrons. The highest BCUT2D eigenvalue weighted by Gasteiger charge is 2.28. The largest absolute Gasteiger partial charge is 0.392 e. The lowest BCUT2D eigenvalue weighted by Gasteiger charge is -2.29. The van der Waals surface area contributed by atoms with E-state index < -0.39 is 0 Å². The molecule has 1 aromatic rings. The second kappa shape index (κ2) is 5.87. The second-order valence-electron chi connectivity index (χ2n) is 5.93. The molecule has 0 saturated carbocycles. The number of pyridine rings is 1. The first-order valence-corrected chi connectivity index (χ1v) is 7.64. The smallest absolute Gasteiger partial charge is 0.0660 e. The highest BCUT2D eigenvalue weighted by atomic mass is 16.3. The van der Waals surface area contributed by atoms with Crippen molar-refractivity contribution in [2.45, 2.75) is 63.4 Å². The molecule has 0 saturated heterocycles. The van der Waals surface area contributed by atoms with E-state index in [2.05, 4.69) is 17.1 Å². The van der Waals surface area contributed by atoms with E-state index in [0.717, 1.165) is 25.0 Å². The first-order valence-electron chi connectivity index (χ1n) is 7.64. The van der Waals surface area contributed by atoms with Crippen LogP contribution >= 0.6 is 0 Å². The van der Waals surface area contributed by atoms with E-state index in [1.54, 1.807) is 0 Å². The molecule has 2 aliphatic rings. The van der Waals surface area contributed by atoms with Crippen LogP contribution in [-0.2, 0) is 6.42 Å². The molecule has 2 unspecified atom stereocenters. The molecule has 2 atom stereocenters. The minimum absolute atomic E-state index is 0.243. The fourth-order valence-electron chi connectivity index (χ4n) is 3.52. The van der Waals surface area contributed by atoms with E-state index >= 15 is 0 Å². The van der Waals surface area contributed by atoms with Crippen molar-refractivity contribution in [2.24, 2.45) is 0 Å². The molecule has 2 aliphatic carbocycles. The Morgan fingerprint density at radius 3 is 3.05 bits per heavy atom. The van der Waals surface area contributed by atoms with E-state index in [1.807, 2.05) is 12.3 Å². The van der Waals surface area contributed by atoms with Gasteiger partial charge in [-0.25, -0.2) is 0 Å². The fourth-order valence-corrected chi connectivity index (χ4v) is 3.52. The molecule has 0 amide bonds. The van der Waals surface area contributed by atoms with Crippen LogP contribution in [0.5, 0.6) is 0 Å². The summed E-state index contributed by atoms with van der Waals surface area (Å²) in [6, 6.07) is 4.18. The molecular weight excluding hydrogens is 234 g/mol. The van der Waals surface area contributed by atoms with Crippen LogP contribution in [-0.4, -0.2) is 16.2 Å². The Bertz CT molecular complexity index is 466. The van der Waals surface area contributed by atoms with Crippen LogP contribution in [0.4, 0.5) is 0 Å². The minimum atomic E-state index is -0.252. The number of rotatable bonds is 3. The van der Waals surface area contributed by atoms with Gasteiger partial charge in [0.2, 0.25) is 0 Å². The Labute approximate surface area is 115 Å². The molecule has 0 bridgehead atoms. The summed E-state index contributed by atoms with van der Waals surface area (Å²) in [4.78, 5) is 4.54. The third kappa shape index (κ3) is 2.89. The average molecular weight is 257 g/mol. The number of aryl methyl sites for hydroxylation is 1. The van der Waals surface area contributed by atoms with Crippen molar-refractivity contribution in [3.8, 4) is 0 Å². The lowest BCUT2D eigenvalue weighted by molar-refractivity contribution is 0.131. The van der Waals surface area contributed by atoms with Crippen LogP contribution in [0.2, 0.25) is 0 Å². The summed E-state index contributed by atoms with van der Waals surface area (Å²) in [7, 11) is 0. The zero-order valence-electron chi connectivity index (χ0n) is 11.5. The number of allylic oxidation sites excluding steroid dienone is 1. The first kappa shape index (κ1) is 12.9. The lowest BCUT2D eigenvalue weighted by Crippen LogP contribution is -2.24. The monoisotopic (exact) mass is 257 g/mol. The zero-order chi connectivity index (χ0) is 13.1. The zero-order valence-corrected chi connectivity index (χ0v) is 11.5. The van der Waals surface area contributed by atoms with Gasteiger partial charge in [-0.15, -0.1) is 0 Å². The van der Waals surface area contributed by atoms with Crippen molar-refractivity contribution < 1.29 is 5.11 Å². The van der Waals surface area contributed by atoms with Gasteiger partial charge in [-0.2, -0.15) is 0 Å². The van der Waals surface area contributed by atoms with E-state index in [4.69, 9.17) is 0 Å². The third-order valence-electron chi connectivity index (χ3n) is 4.56. The number of aliphatic hydroxyl groups excluding tert-OH is 1. The SMILES string of the molecule is OC(CC1=CCCCC1)C1CCCc2cccnc21. The summed E-state index contributed by atoms with van der Waals surface area (Å²) in [5, 5.41) is 10.6. The van der Waals surface area contributed by atoms with Crippen LogP contribution in [0.25, 0.3) is 0 Å². The Hall–Kier alpha value is -1.15. The van der Waals surface area contributed by atoms with Crippen LogP contribution in [0.1, 0.15) is 62.1 Å². The molecule has 0 aliphatic heterocycles. The molecule has 1 N–H and O–H groups in total. The predicted octanol–water partition coefficient (Wildman–Crippen LogP) is 3.75. The molecule has 0 aromatic carbocycles. The van der Waals surface area contributed by atoms with E-state index in [1.165, 1.54) is 43.2 Å². The van der Waals surface area contributed by atoms with Gasteiger partial charge >= 0.3 is 0 Å². The molecule has 0 fully saturated rings. The Morgan fingerprint density at radius 2 is 2.21 bits per heavy atom. The normalized spacial score (nSPS) is 24.5. The second-order valence-corrected chi connectivity index (χ2v) is 5.93.